The molecule has 1 N–H and O–H groups in total. The molecule has 1 aromatic carbocycles. The highest BCUT2D eigenvalue weighted by molar-refractivity contribution is 5.89. The van der Waals surface area contributed by atoms with Crippen LogP contribution in [-0.4, -0.2) is 34.5 Å². The first-order chi connectivity index (χ1) is 19.2. The molecule has 0 bridgehead atoms. The normalized spacial score (nSPS) is 39.8. The Hall–Kier alpha value is -1.91. The predicted octanol–water partition coefficient (Wildman–Crippen LogP) is 8.69. The Morgan fingerprint density at radius 1 is 0.927 bits per heavy atom. The van der Waals surface area contributed by atoms with Crippen molar-refractivity contribution in [3.05, 3.63) is 59.2 Å². The molecule has 4 heteroatoms. The molecule has 0 radical (unpaired) electrons. The second kappa shape index (κ2) is 11.0. The molecule has 1 aromatic rings. The van der Waals surface area contributed by atoms with Crippen molar-refractivity contribution in [2.45, 2.75) is 130 Å². The number of carbonyl (C=O) groups excluding carboxylic acids is 1. The molecule has 4 nitrogen and oxygen atoms in total. The molecule has 2 fully saturated rings. The molecule has 4 unspecified atom stereocenters. The van der Waals surface area contributed by atoms with E-state index in [0.29, 0.717) is 23.3 Å². The van der Waals surface area contributed by atoms with E-state index in [1.807, 2.05) is 18.2 Å². The van der Waals surface area contributed by atoms with Crippen LogP contribution in [0.4, 0.5) is 0 Å². The van der Waals surface area contributed by atoms with Gasteiger partial charge in [0.2, 0.25) is 0 Å². The molecule has 1 saturated heterocycles. The summed E-state index contributed by atoms with van der Waals surface area (Å²) < 4.78 is 13.0. The zero-order chi connectivity index (χ0) is 29.8. The van der Waals surface area contributed by atoms with Crippen LogP contribution in [0.25, 0.3) is 0 Å². The highest BCUT2D eigenvalue weighted by Gasteiger charge is 2.57. The SMILES string of the molecule is CC1=CCC2C1CC=C(C)C(CC[C@H]1[C@@](C)(O)CCC3OC(C)(C)[C@H](OC(=O)c4ccccc4)CC[C@@]31C)C2(C)C. The van der Waals surface area contributed by atoms with Gasteiger partial charge >= 0.3 is 5.97 Å². The van der Waals surface area contributed by atoms with Crippen LogP contribution >= 0.6 is 0 Å². The monoisotopic (exact) mass is 562 g/mol. The zero-order valence-corrected chi connectivity index (χ0v) is 26.8. The molecule has 5 rings (SSSR count). The Balaban J connectivity index is 1.37. The van der Waals surface area contributed by atoms with Crippen molar-refractivity contribution < 1.29 is 19.4 Å². The van der Waals surface area contributed by atoms with Gasteiger partial charge in [0.1, 0.15) is 6.10 Å². The first kappa shape index (κ1) is 30.5. The highest BCUT2D eigenvalue weighted by atomic mass is 16.6. The average molecular weight is 563 g/mol. The predicted molar refractivity (Wildman–Crippen MR) is 166 cm³/mol. The summed E-state index contributed by atoms with van der Waals surface area (Å²) >= 11 is 0. The van der Waals surface area contributed by atoms with Gasteiger partial charge in [-0.1, -0.05) is 62.3 Å². The molecule has 226 valence electrons. The number of allylic oxidation sites excluding steroid dienone is 4. The van der Waals surface area contributed by atoms with Crippen molar-refractivity contribution >= 4 is 5.97 Å². The molecule has 4 aliphatic rings. The molecule has 3 aliphatic carbocycles. The summed E-state index contributed by atoms with van der Waals surface area (Å²) in [6.45, 7) is 18.2. The van der Waals surface area contributed by atoms with E-state index in [2.05, 4.69) is 67.5 Å². The number of hydrogen-bond donors (Lipinski definition) is 1. The molecule has 0 amide bonds. The van der Waals surface area contributed by atoms with E-state index >= 15 is 0 Å². The van der Waals surface area contributed by atoms with Crippen LogP contribution in [0.15, 0.2) is 53.6 Å². The van der Waals surface area contributed by atoms with E-state index in [9.17, 15) is 9.90 Å². The third-order valence-corrected chi connectivity index (χ3v) is 12.2. The summed E-state index contributed by atoms with van der Waals surface area (Å²) in [4.78, 5) is 13.0. The fraction of sp³-hybridized carbons (Fsp3) is 0.703. The van der Waals surface area contributed by atoms with Crippen LogP contribution in [0, 0.1) is 34.5 Å². The lowest BCUT2D eigenvalue weighted by Gasteiger charge is -2.54. The van der Waals surface area contributed by atoms with Gasteiger partial charge in [-0.15, -0.1) is 0 Å². The third kappa shape index (κ3) is 5.60. The van der Waals surface area contributed by atoms with E-state index in [0.717, 1.165) is 44.9 Å². The third-order valence-electron chi connectivity index (χ3n) is 12.2. The summed E-state index contributed by atoms with van der Waals surface area (Å²) in [7, 11) is 0. The average Bonchev–Trinajstić information content (AvgIpc) is 3.21. The van der Waals surface area contributed by atoms with E-state index in [1.54, 1.807) is 17.7 Å². The fourth-order valence-electron chi connectivity index (χ4n) is 9.59. The van der Waals surface area contributed by atoms with E-state index in [-0.39, 0.29) is 34.9 Å². The molecular weight excluding hydrogens is 508 g/mol. The van der Waals surface area contributed by atoms with Gasteiger partial charge in [0.15, 0.2) is 0 Å². The second-order valence-corrected chi connectivity index (χ2v) is 15.5. The summed E-state index contributed by atoms with van der Waals surface area (Å²) in [5.41, 5.74) is 2.31. The lowest BCUT2D eigenvalue weighted by molar-refractivity contribution is -0.206. The van der Waals surface area contributed by atoms with Gasteiger partial charge in [-0.25, -0.2) is 4.79 Å². The Bertz CT molecular complexity index is 1170. The Morgan fingerprint density at radius 2 is 1.61 bits per heavy atom. The molecule has 0 spiro atoms. The summed E-state index contributed by atoms with van der Waals surface area (Å²) in [5, 5.41) is 11.9. The number of ether oxygens (including phenoxy) is 2. The van der Waals surface area contributed by atoms with Crippen molar-refractivity contribution in [1.29, 1.82) is 0 Å². The minimum absolute atomic E-state index is 0.0213. The minimum Gasteiger partial charge on any atom is -0.456 e. The van der Waals surface area contributed by atoms with Gasteiger partial charge in [0.05, 0.1) is 22.9 Å². The number of rotatable bonds is 5. The van der Waals surface area contributed by atoms with Gasteiger partial charge < -0.3 is 14.6 Å². The van der Waals surface area contributed by atoms with E-state index < -0.39 is 11.2 Å². The van der Waals surface area contributed by atoms with Crippen LogP contribution < -0.4 is 0 Å². The summed E-state index contributed by atoms with van der Waals surface area (Å²) in [6, 6.07) is 9.25. The van der Waals surface area contributed by atoms with Crippen molar-refractivity contribution in [2.75, 3.05) is 0 Å². The highest BCUT2D eigenvalue weighted by Crippen LogP contribution is 2.58. The Morgan fingerprint density at radius 3 is 2.32 bits per heavy atom. The summed E-state index contributed by atoms with van der Waals surface area (Å²) in [5.74, 6) is 1.66. The van der Waals surface area contributed by atoms with Crippen molar-refractivity contribution in [3.8, 4) is 0 Å². The molecular formula is C37H54O4. The maximum absolute atomic E-state index is 13.0. The van der Waals surface area contributed by atoms with Crippen LogP contribution in [0.3, 0.4) is 0 Å². The number of esters is 1. The topological polar surface area (TPSA) is 55.8 Å². The molecule has 1 aliphatic heterocycles. The van der Waals surface area contributed by atoms with Gasteiger partial charge in [-0.2, -0.15) is 0 Å². The van der Waals surface area contributed by atoms with Gasteiger partial charge in [0, 0.05) is 0 Å². The number of carbonyl (C=O) groups is 1. The van der Waals surface area contributed by atoms with Crippen molar-refractivity contribution in [1.82, 2.24) is 0 Å². The van der Waals surface area contributed by atoms with E-state index in [1.165, 1.54) is 12.0 Å². The molecule has 1 saturated carbocycles. The van der Waals surface area contributed by atoms with Crippen LogP contribution in [0.5, 0.6) is 0 Å². The smallest absolute Gasteiger partial charge is 0.338 e. The largest absolute Gasteiger partial charge is 0.456 e. The van der Waals surface area contributed by atoms with Gasteiger partial charge in [-0.3, -0.25) is 0 Å². The number of fused-ring (bicyclic) bond motifs is 2. The molecule has 0 aromatic heterocycles. The van der Waals surface area contributed by atoms with Gasteiger partial charge in [-0.05, 0) is 133 Å². The number of hydrogen-bond acceptors (Lipinski definition) is 4. The summed E-state index contributed by atoms with van der Waals surface area (Å²) in [6.07, 6.45) is 12.2. The molecule has 41 heavy (non-hydrogen) atoms. The first-order valence-electron chi connectivity index (χ1n) is 16.2. The zero-order valence-electron chi connectivity index (χ0n) is 26.8. The second-order valence-electron chi connectivity index (χ2n) is 15.5. The number of benzene rings is 1. The standard InChI is InChI=1S/C37H54O4/c1-24-15-17-29-27(24)16-14-25(2)28(34(29,3)4)18-19-30-36(7)22-20-31(40-33(38)26-12-10-9-11-13-26)35(5,6)41-32(36)21-23-37(30,8)39/h9-15,27-32,39H,16-23H2,1-8H3/t27?,28?,29?,30-,31-,32?,36-,37+/m1/s1. The van der Waals surface area contributed by atoms with Crippen molar-refractivity contribution in [3.63, 3.8) is 0 Å². The lowest BCUT2D eigenvalue weighted by atomic mass is 9.55. The minimum atomic E-state index is -0.750. The fourth-order valence-corrected chi connectivity index (χ4v) is 9.59. The van der Waals surface area contributed by atoms with E-state index in [4.69, 9.17) is 9.47 Å². The maximum atomic E-state index is 13.0. The quantitative estimate of drug-likeness (QED) is 0.288. The molecule has 8 atom stereocenters. The van der Waals surface area contributed by atoms with Crippen molar-refractivity contribution in [2.24, 2.45) is 34.5 Å². The van der Waals surface area contributed by atoms with Crippen LogP contribution in [0.2, 0.25) is 0 Å². The first-order valence-corrected chi connectivity index (χ1v) is 16.2. The Labute approximate surface area is 249 Å². The Kier molecular flexibility index (Phi) is 8.18. The van der Waals surface area contributed by atoms with Crippen LogP contribution in [-0.2, 0) is 9.47 Å². The lowest BCUT2D eigenvalue weighted by Crippen LogP contribution is -2.56. The molecule has 1 heterocycles. The number of aliphatic hydroxyl groups is 1. The van der Waals surface area contributed by atoms with Gasteiger partial charge in [0.25, 0.3) is 0 Å². The van der Waals surface area contributed by atoms with Crippen LogP contribution in [0.1, 0.15) is 117 Å². The maximum Gasteiger partial charge on any atom is 0.338 e.